The summed E-state index contributed by atoms with van der Waals surface area (Å²) in [6.07, 6.45) is 0.0360. The number of ketones is 1. The molecule has 0 aliphatic carbocycles. The van der Waals surface area contributed by atoms with Crippen molar-refractivity contribution in [2.75, 3.05) is 5.32 Å². The molecule has 0 saturated carbocycles. The van der Waals surface area contributed by atoms with E-state index in [4.69, 9.17) is 5.73 Å². The maximum atomic E-state index is 12.1. The summed E-state index contributed by atoms with van der Waals surface area (Å²) in [6.45, 7) is 0. The summed E-state index contributed by atoms with van der Waals surface area (Å²) < 4.78 is 0. The van der Waals surface area contributed by atoms with Crippen molar-refractivity contribution in [3.05, 3.63) is 66.2 Å². The fourth-order valence-electron chi connectivity index (χ4n) is 1.89. The first kappa shape index (κ1) is 13.8. The zero-order valence-corrected chi connectivity index (χ0v) is 11.0. The highest BCUT2D eigenvalue weighted by Crippen LogP contribution is 2.11. The first-order valence-electron chi connectivity index (χ1n) is 6.36. The van der Waals surface area contributed by atoms with Crippen LogP contribution in [0.3, 0.4) is 0 Å². The number of amides is 1. The van der Waals surface area contributed by atoms with Gasteiger partial charge in [-0.1, -0.05) is 48.5 Å². The third-order valence-corrected chi connectivity index (χ3v) is 2.94. The number of nitrogens with two attached hydrogens (primary N) is 1. The maximum Gasteiger partial charge on any atom is 0.240 e. The van der Waals surface area contributed by atoms with Gasteiger partial charge in [0, 0.05) is 17.7 Å². The van der Waals surface area contributed by atoms with E-state index < -0.39 is 11.9 Å². The van der Waals surface area contributed by atoms with Gasteiger partial charge in [-0.25, -0.2) is 0 Å². The van der Waals surface area contributed by atoms with Gasteiger partial charge in [0.2, 0.25) is 5.91 Å². The minimum Gasteiger partial charge on any atom is -0.373 e. The van der Waals surface area contributed by atoms with Gasteiger partial charge in [-0.2, -0.15) is 0 Å². The molecular weight excluding hydrogens is 252 g/mol. The second-order valence-corrected chi connectivity index (χ2v) is 4.46. The molecule has 0 spiro atoms. The zero-order valence-electron chi connectivity index (χ0n) is 11.0. The van der Waals surface area contributed by atoms with Gasteiger partial charge in [0.25, 0.3) is 0 Å². The van der Waals surface area contributed by atoms with Crippen molar-refractivity contribution in [1.29, 1.82) is 0 Å². The predicted molar refractivity (Wildman–Crippen MR) is 78.4 cm³/mol. The smallest absolute Gasteiger partial charge is 0.240 e. The molecule has 102 valence electrons. The lowest BCUT2D eigenvalue weighted by Crippen LogP contribution is -2.37. The van der Waals surface area contributed by atoms with Crippen LogP contribution in [0.5, 0.6) is 0 Å². The number of primary amides is 1. The molecule has 2 aromatic rings. The van der Waals surface area contributed by atoms with Crippen LogP contribution in [0.15, 0.2) is 60.7 Å². The summed E-state index contributed by atoms with van der Waals surface area (Å²) >= 11 is 0. The second-order valence-electron chi connectivity index (χ2n) is 4.46. The maximum absolute atomic E-state index is 12.1. The average molecular weight is 268 g/mol. The Kier molecular flexibility index (Phi) is 4.50. The van der Waals surface area contributed by atoms with Crippen LogP contribution in [0.1, 0.15) is 16.8 Å². The first-order valence-corrected chi connectivity index (χ1v) is 6.36. The number of Topliss-reactive ketones (excluding diaryl/α,β-unsaturated/α-hetero) is 1. The highest BCUT2D eigenvalue weighted by atomic mass is 16.1. The molecule has 4 nitrogen and oxygen atoms in total. The quantitative estimate of drug-likeness (QED) is 0.789. The van der Waals surface area contributed by atoms with Crippen molar-refractivity contribution >= 4 is 17.4 Å². The lowest BCUT2D eigenvalue weighted by Gasteiger charge is -2.16. The lowest BCUT2D eigenvalue weighted by atomic mass is 10.0. The van der Waals surface area contributed by atoms with Crippen molar-refractivity contribution in [3.8, 4) is 0 Å². The van der Waals surface area contributed by atoms with E-state index in [2.05, 4.69) is 5.32 Å². The van der Waals surface area contributed by atoms with Crippen LogP contribution in [0, 0.1) is 0 Å². The van der Waals surface area contributed by atoms with Crippen LogP contribution in [-0.4, -0.2) is 17.7 Å². The van der Waals surface area contributed by atoms with Gasteiger partial charge in [-0.3, -0.25) is 9.59 Å². The topological polar surface area (TPSA) is 72.2 Å². The second kappa shape index (κ2) is 6.52. The summed E-state index contributed by atoms with van der Waals surface area (Å²) in [7, 11) is 0. The third-order valence-electron chi connectivity index (χ3n) is 2.94. The Labute approximate surface area is 117 Å². The monoisotopic (exact) mass is 268 g/mol. The number of hydrogen-bond donors (Lipinski definition) is 2. The van der Waals surface area contributed by atoms with Gasteiger partial charge in [-0.15, -0.1) is 0 Å². The van der Waals surface area contributed by atoms with Crippen LogP contribution in [-0.2, 0) is 4.79 Å². The van der Waals surface area contributed by atoms with E-state index >= 15 is 0 Å². The molecule has 2 aromatic carbocycles. The number of rotatable bonds is 6. The molecule has 0 heterocycles. The van der Waals surface area contributed by atoms with Gasteiger partial charge in [-0.05, 0) is 12.1 Å². The van der Waals surface area contributed by atoms with E-state index in [1.54, 1.807) is 24.3 Å². The van der Waals surface area contributed by atoms with Crippen LogP contribution < -0.4 is 11.1 Å². The number of carbonyl (C=O) groups excluding carboxylic acids is 2. The molecule has 0 aromatic heterocycles. The van der Waals surface area contributed by atoms with E-state index in [1.165, 1.54) is 0 Å². The largest absolute Gasteiger partial charge is 0.373 e. The van der Waals surface area contributed by atoms with Crippen molar-refractivity contribution in [3.63, 3.8) is 0 Å². The summed E-state index contributed by atoms with van der Waals surface area (Å²) in [6, 6.07) is 17.4. The molecule has 1 amide bonds. The van der Waals surface area contributed by atoms with Gasteiger partial charge in [0.05, 0.1) is 0 Å². The predicted octanol–water partition coefficient (Wildman–Crippen LogP) is 2.23. The Hall–Kier alpha value is -2.62. The molecule has 1 unspecified atom stereocenters. The summed E-state index contributed by atoms with van der Waals surface area (Å²) in [5.74, 6) is -0.657. The Balaban J connectivity index is 2.07. The number of anilines is 1. The Morgan fingerprint density at radius 2 is 1.50 bits per heavy atom. The summed E-state index contributed by atoms with van der Waals surface area (Å²) in [5.41, 5.74) is 6.70. The number of benzene rings is 2. The van der Waals surface area contributed by atoms with Crippen LogP contribution in [0.25, 0.3) is 0 Å². The van der Waals surface area contributed by atoms with E-state index in [0.717, 1.165) is 5.69 Å². The van der Waals surface area contributed by atoms with E-state index in [-0.39, 0.29) is 12.2 Å². The number of para-hydroxylation sites is 1. The van der Waals surface area contributed by atoms with Gasteiger partial charge >= 0.3 is 0 Å². The molecule has 4 heteroatoms. The standard InChI is InChI=1S/C16H16N2O2/c17-16(20)14(18-13-9-5-2-6-10-13)11-15(19)12-7-3-1-4-8-12/h1-10,14,18H,11H2,(H2,17,20). The van der Waals surface area contributed by atoms with E-state index in [1.807, 2.05) is 36.4 Å². The van der Waals surface area contributed by atoms with Crippen LogP contribution in [0.4, 0.5) is 5.69 Å². The molecule has 20 heavy (non-hydrogen) atoms. The highest BCUT2D eigenvalue weighted by Gasteiger charge is 2.20. The van der Waals surface area contributed by atoms with Crippen LogP contribution in [0.2, 0.25) is 0 Å². The molecule has 2 rings (SSSR count). The van der Waals surface area contributed by atoms with Crippen molar-refractivity contribution in [2.45, 2.75) is 12.5 Å². The molecule has 0 radical (unpaired) electrons. The van der Waals surface area contributed by atoms with Crippen LogP contribution >= 0.6 is 0 Å². The van der Waals surface area contributed by atoms with Crippen molar-refractivity contribution < 1.29 is 9.59 Å². The number of nitrogens with one attached hydrogen (secondary N) is 1. The fraction of sp³-hybridized carbons (Fsp3) is 0.125. The molecule has 0 fully saturated rings. The molecular formula is C16H16N2O2. The van der Waals surface area contributed by atoms with Crippen molar-refractivity contribution in [1.82, 2.24) is 0 Å². The first-order chi connectivity index (χ1) is 9.66. The minimum absolute atomic E-state index is 0.0360. The lowest BCUT2D eigenvalue weighted by molar-refractivity contribution is -0.118. The highest BCUT2D eigenvalue weighted by molar-refractivity contribution is 6.00. The normalized spacial score (nSPS) is 11.6. The van der Waals surface area contributed by atoms with E-state index in [0.29, 0.717) is 5.56 Å². The van der Waals surface area contributed by atoms with E-state index in [9.17, 15) is 9.59 Å². The van der Waals surface area contributed by atoms with Gasteiger partial charge in [0.15, 0.2) is 5.78 Å². The Bertz CT molecular complexity index is 582. The fourth-order valence-corrected chi connectivity index (χ4v) is 1.89. The summed E-state index contributed by atoms with van der Waals surface area (Å²) in [4.78, 5) is 23.6. The molecule has 0 bridgehead atoms. The summed E-state index contributed by atoms with van der Waals surface area (Å²) in [5, 5.41) is 2.98. The minimum atomic E-state index is -0.717. The van der Waals surface area contributed by atoms with Gasteiger partial charge in [0.1, 0.15) is 6.04 Å². The average Bonchev–Trinajstić information content (AvgIpc) is 2.48. The SMILES string of the molecule is NC(=O)C(CC(=O)c1ccccc1)Nc1ccccc1. The zero-order chi connectivity index (χ0) is 14.4. The molecule has 0 aliphatic rings. The molecule has 1 atom stereocenters. The third kappa shape index (κ3) is 3.68. The van der Waals surface area contributed by atoms with Gasteiger partial charge < -0.3 is 11.1 Å². The molecule has 0 aliphatic heterocycles. The number of hydrogen-bond acceptors (Lipinski definition) is 3. The molecule has 3 N–H and O–H groups in total. The number of carbonyl (C=O) groups is 2. The Morgan fingerprint density at radius 1 is 0.950 bits per heavy atom. The Morgan fingerprint density at radius 3 is 2.05 bits per heavy atom. The molecule has 0 saturated heterocycles. The van der Waals surface area contributed by atoms with Crippen molar-refractivity contribution in [2.24, 2.45) is 5.73 Å².